The summed E-state index contributed by atoms with van der Waals surface area (Å²) < 4.78 is 5.32. The molecular weight excluding hydrogens is 348 g/mol. The normalized spacial score (nSPS) is 15.4. The molecule has 4 amide bonds. The predicted molar refractivity (Wildman–Crippen MR) is 97.9 cm³/mol. The maximum absolute atomic E-state index is 12.7. The van der Waals surface area contributed by atoms with E-state index in [2.05, 4.69) is 11.2 Å². The molecule has 0 aliphatic carbocycles. The SMILES string of the molecule is C#CCOc1cccc(/C=C2/C(=O)NC(=O)N(c3ccc(O)cc3)C2=O)c1. The second-order valence-corrected chi connectivity index (χ2v) is 5.54. The first-order chi connectivity index (χ1) is 13.0. The first-order valence-corrected chi connectivity index (χ1v) is 7.86. The average Bonchev–Trinajstić information content (AvgIpc) is 2.65. The predicted octanol–water partition coefficient (Wildman–Crippen LogP) is 2.07. The smallest absolute Gasteiger partial charge is 0.335 e. The van der Waals surface area contributed by atoms with E-state index in [1.807, 2.05) is 0 Å². The Balaban J connectivity index is 1.94. The molecule has 0 saturated carbocycles. The lowest BCUT2D eigenvalue weighted by Crippen LogP contribution is -2.54. The quantitative estimate of drug-likeness (QED) is 0.493. The summed E-state index contributed by atoms with van der Waals surface area (Å²) in [6.45, 7) is 0.0859. The number of hydrogen-bond acceptors (Lipinski definition) is 5. The highest BCUT2D eigenvalue weighted by Gasteiger charge is 2.36. The highest BCUT2D eigenvalue weighted by Crippen LogP contribution is 2.24. The number of benzene rings is 2. The minimum Gasteiger partial charge on any atom is -0.508 e. The van der Waals surface area contributed by atoms with Gasteiger partial charge >= 0.3 is 6.03 Å². The van der Waals surface area contributed by atoms with Crippen molar-refractivity contribution in [3.05, 3.63) is 59.7 Å². The molecule has 134 valence electrons. The van der Waals surface area contributed by atoms with Crippen LogP contribution >= 0.6 is 0 Å². The van der Waals surface area contributed by atoms with Crippen LogP contribution in [-0.4, -0.2) is 29.6 Å². The molecule has 0 aromatic heterocycles. The molecule has 2 aromatic carbocycles. The number of nitrogens with one attached hydrogen (secondary N) is 1. The number of carbonyl (C=O) groups is 3. The van der Waals surface area contributed by atoms with Crippen LogP contribution in [-0.2, 0) is 9.59 Å². The van der Waals surface area contributed by atoms with Gasteiger partial charge in [-0.1, -0.05) is 18.1 Å². The van der Waals surface area contributed by atoms with Gasteiger partial charge in [-0.3, -0.25) is 14.9 Å². The number of nitrogens with zero attached hydrogens (tertiary/aromatic N) is 1. The van der Waals surface area contributed by atoms with Gasteiger partial charge in [-0.2, -0.15) is 0 Å². The Morgan fingerprint density at radius 1 is 1.15 bits per heavy atom. The molecule has 2 N–H and O–H groups in total. The number of phenolic OH excluding ortho intramolecular Hbond substituents is 1. The van der Waals surface area contributed by atoms with Gasteiger partial charge in [0.25, 0.3) is 11.8 Å². The van der Waals surface area contributed by atoms with E-state index in [4.69, 9.17) is 11.2 Å². The Morgan fingerprint density at radius 2 is 1.89 bits per heavy atom. The number of aromatic hydroxyl groups is 1. The number of ether oxygens (including phenoxy) is 1. The Morgan fingerprint density at radius 3 is 2.59 bits per heavy atom. The maximum atomic E-state index is 12.7. The number of terminal acetylenes is 1. The van der Waals surface area contributed by atoms with Gasteiger partial charge in [0.15, 0.2) is 0 Å². The first kappa shape index (κ1) is 17.8. The van der Waals surface area contributed by atoms with Crippen LogP contribution in [0.5, 0.6) is 11.5 Å². The van der Waals surface area contributed by atoms with Crippen LogP contribution in [0.3, 0.4) is 0 Å². The summed E-state index contributed by atoms with van der Waals surface area (Å²) in [4.78, 5) is 37.9. The number of hydrogen-bond donors (Lipinski definition) is 2. The molecule has 7 heteroatoms. The average molecular weight is 362 g/mol. The minimum absolute atomic E-state index is 0.0146. The van der Waals surface area contributed by atoms with Gasteiger partial charge in [-0.15, -0.1) is 6.42 Å². The summed E-state index contributed by atoms with van der Waals surface area (Å²) in [6, 6.07) is 11.3. The number of urea groups is 1. The van der Waals surface area contributed by atoms with Crippen molar-refractivity contribution in [2.24, 2.45) is 0 Å². The zero-order valence-electron chi connectivity index (χ0n) is 14.0. The molecule has 1 heterocycles. The van der Waals surface area contributed by atoms with Crippen molar-refractivity contribution in [1.82, 2.24) is 5.32 Å². The fraction of sp³-hybridized carbons (Fsp3) is 0.0500. The summed E-state index contributed by atoms with van der Waals surface area (Å²) >= 11 is 0. The molecule has 1 aliphatic rings. The second-order valence-electron chi connectivity index (χ2n) is 5.54. The molecule has 0 radical (unpaired) electrons. The van der Waals surface area contributed by atoms with E-state index in [-0.39, 0.29) is 23.6 Å². The highest BCUT2D eigenvalue weighted by molar-refractivity contribution is 6.39. The van der Waals surface area contributed by atoms with Crippen LogP contribution < -0.4 is 15.0 Å². The van der Waals surface area contributed by atoms with E-state index in [0.717, 1.165) is 4.90 Å². The van der Waals surface area contributed by atoms with E-state index in [9.17, 15) is 19.5 Å². The number of phenols is 1. The first-order valence-electron chi connectivity index (χ1n) is 7.86. The van der Waals surface area contributed by atoms with Gasteiger partial charge in [0.1, 0.15) is 23.7 Å². The number of barbiturate groups is 1. The van der Waals surface area contributed by atoms with Crippen molar-refractivity contribution in [2.45, 2.75) is 0 Å². The molecule has 0 unspecified atom stereocenters. The van der Waals surface area contributed by atoms with Crippen molar-refractivity contribution in [3.63, 3.8) is 0 Å². The van der Waals surface area contributed by atoms with E-state index in [0.29, 0.717) is 11.3 Å². The fourth-order valence-electron chi connectivity index (χ4n) is 2.48. The van der Waals surface area contributed by atoms with Crippen molar-refractivity contribution in [3.8, 4) is 23.8 Å². The molecular formula is C20H14N2O5. The van der Waals surface area contributed by atoms with Gasteiger partial charge in [-0.05, 0) is 48.0 Å². The van der Waals surface area contributed by atoms with E-state index in [1.165, 1.54) is 30.3 Å². The Labute approximate surface area is 154 Å². The summed E-state index contributed by atoms with van der Waals surface area (Å²) in [7, 11) is 0. The lowest BCUT2D eigenvalue weighted by molar-refractivity contribution is -0.122. The zero-order chi connectivity index (χ0) is 19.4. The fourth-order valence-corrected chi connectivity index (χ4v) is 2.48. The topological polar surface area (TPSA) is 95.9 Å². The molecule has 7 nitrogen and oxygen atoms in total. The number of rotatable bonds is 4. The highest BCUT2D eigenvalue weighted by atomic mass is 16.5. The summed E-state index contributed by atoms with van der Waals surface area (Å²) in [5, 5.41) is 11.5. The minimum atomic E-state index is -0.862. The largest absolute Gasteiger partial charge is 0.508 e. The maximum Gasteiger partial charge on any atom is 0.335 e. The van der Waals surface area contributed by atoms with Crippen molar-refractivity contribution >= 4 is 29.6 Å². The van der Waals surface area contributed by atoms with Crippen LogP contribution in [0.15, 0.2) is 54.1 Å². The second kappa shape index (κ2) is 7.45. The lowest BCUT2D eigenvalue weighted by atomic mass is 10.1. The number of carbonyl (C=O) groups excluding carboxylic acids is 3. The Hall–Kier alpha value is -4.05. The Kier molecular flexibility index (Phi) is 4.90. The molecule has 2 aromatic rings. The van der Waals surface area contributed by atoms with Gasteiger partial charge < -0.3 is 9.84 Å². The van der Waals surface area contributed by atoms with Gasteiger partial charge in [0.05, 0.1) is 5.69 Å². The zero-order valence-corrected chi connectivity index (χ0v) is 14.0. The van der Waals surface area contributed by atoms with E-state index >= 15 is 0 Å². The third kappa shape index (κ3) is 3.80. The molecule has 3 rings (SSSR count). The molecule has 0 spiro atoms. The number of amides is 4. The van der Waals surface area contributed by atoms with Crippen molar-refractivity contribution in [1.29, 1.82) is 0 Å². The Bertz CT molecular complexity index is 986. The van der Waals surface area contributed by atoms with E-state index < -0.39 is 17.8 Å². The van der Waals surface area contributed by atoms with Crippen LogP contribution in [0.4, 0.5) is 10.5 Å². The molecule has 1 fully saturated rings. The monoisotopic (exact) mass is 362 g/mol. The lowest BCUT2D eigenvalue weighted by Gasteiger charge is -2.26. The molecule has 1 saturated heterocycles. The summed E-state index contributed by atoms with van der Waals surface area (Å²) in [5.41, 5.74) is 0.541. The molecule has 1 aliphatic heterocycles. The molecule has 0 bridgehead atoms. The van der Waals surface area contributed by atoms with Gasteiger partial charge in [-0.25, -0.2) is 9.69 Å². The van der Waals surface area contributed by atoms with Crippen LogP contribution in [0, 0.1) is 12.3 Å². The standard InChI is InChI=1S/C20H14N2O5/c1-2-10-27-16-5-3-4-13(11-16)12-17-18(24)21-20(26)22(19(17)25)14-6-8-15(23)9-7-14/h1,3-9,11-12,23H,10H2,(H,21,24,26)/b17-12-. The molecule has 0 atom stereocenters. The summed E-state index contributed by atoms with van der Waals surface area (Å²) in [5.74, 6) is 1.25. The number of imide groups is 2. The summed E-state index contributed by atoms with van der Waals surface area (Å²) in [6.07, 6.45) is 6.52. The third-order valence-electron chi connectivity index (χ3n) is 3.70. The van der Waals surface area contributed by atoms with Crippen LogP contribution in [0.1, 0.15) is 5.56 Å². The van der Waals surface area contributed by atoms with Crippen molar-refractivity contribution in [2.75, 3.05) is 11.5 Å². The van der Waals surface area contributed by atoms with Gasteiger partial charge in [0.2, 0.25) is 0 Å². The van der Waals surface area contributed by atoms with E-state index in [1.54, 1.807) is 24.3 Å². The third-order valence-corrected chi connectivity index (χ3v) is 3.70. The van der Waals surface area contributed by atoms with Crippen LogP contribution in [0.2, 0.25) is 0 Å². The van der Waals surface area contributed by atoms with Crippen LogP contribution in [0.25, 0.3) is 6.08 Å². The van der Waals surface area contributed by atoms with Crippen molar-refractivity contribution < 1.29 is 24.2 Å². The van der Waals surface area contributed by atoms with Gasteiger partial charge in [0, 0.05) is 0 Å². The number of anilines is 1. The molecule has 27 heavy (non-hydrogen) atoms.